The molecular weight excluding hydrogens is 510 g/mol. The molecule has 3 heterocycles. The Balaban J connectivity index is 1.45. The first-order chi connectivity index (χ1) is 17.6. The standard InChI is InChI=1S/C27H29N3O5S2/c1-17-12-24-25(13-18(17)2)36-27(28-24)30(16-22-6-5-11-34-22)26(31)21-7-9-23(10-8-21)37(32,33)29-14-19(3)35-20(4)15-29/h5-13,19-20H,14-16H2,1-4H3. The fraction of sp³-hybridized carbons (Fsp3) is 0.333. The molecule has 4 aromatic rings. The van der Waals surface area contributed by atoms with E-state index in [4.69, 9.17) is 14.1 Å². The van der Waals surface area contributed by atoms with Crippen molar-refractivity contribution in [1.29, 1.82) is 0 Å². The first-order valence-corrected chi connectivity index (χ1v) is 14.3. The van der Waals surface area contributed by atoms with Gasteiger partial charge in [-0.1, -0.05) is 11.3 Å². The van der Waals surface area contributed by atoms with E-state index in [1.165, 1.54) is 27.8 Å². The minimum Gasteiger partial charge on any atom is -0.467 e. The third kappa shape index (κ3) is 5.19. The second kappa shape index (κ2) is 10.0. The smallest absolute Gasteiger partial charge is 0.260 e. The number of carbonyl (C=O) groups excluding carboxylic acids is 1. The topological polar surface area (TPSA) is 93.0 Å². The average Bonchev–Trinajstić information content (AvgIpc) is 3.51. The molecule has 2 aromatic carbocycles. The molecule has 1 amide bonds. The predicted molar refractivity (Wildman–Crippen MR) is 144 cm³/mol. The largest absolute Gasteiger partial charge is 0.467 e. The summed E-state index contributed by atoms with van der Waals surface area (Å²) < 4.78 is 40.1. The molecule has 1 saturated heterocycles. The van der Waals surface area contributed by atoms with Crippen LogP contribution in [0.15, 0.2) is 64.1 Å². The number of ether oxygens (including phenoxy) is 1. The van der Waals surface area contributed by atoms with Crippen LogP contribution in [0.25, 0.3) is 10.2 Å². The van der Waals surface area contributed by atoms with Crippen LogP contribution >= 0.6 is 11.3 Å². The number of carbonyl (C=O) groups is 1. The molecule has 0 radical (unpaired) electrons. The monoisotopic (exact) mass is 539 g/mol. The maximum Gasteiger partial charge on any atom is 0.260 e. The van der Waals surface area contributed by atoms with Crippen molar-refractivity contribution in [3.63, 3.8) is 0 Å². The van der Waals surface area contributed by atoms with E-state index in [1.54, 1.807) is 29.4 Å². The Morgan fingerprint density at radius 2 is 1.76 bits per heavy atom. The summed E-state index contributed by atoms with van der Waals surface area (Å²) in [4.78, 5) is 20.2. The van der Waals surface area contributed by atoms with Crippen LogP contribution < -0.4 is 4.90 Å². The van der Waals surface area contributed by atoms with Crippen molar-refractivity contribution < 1.29 is 22.4 Å². The molecule has 0 N–H and O–H groups in total. The van der Waals surface area contributed by atoms with E-state index in [0.717, 1.165) is 21.3 Å². The zero-order valence-electron chi connectivity index (χ0n) is 21.2. The highest BCUT2D eigenvalue weighted by atomic mass is 32.2. The maximum absolute atomic E-state index is 13.7. The van der Waals surface area contributed by atoms with Crippen LogP contribution in [0.1, 0.15) is 41.1 Å². The van der Waals surface area contributed by atoms with E-state index >= 15 is 0 Å². The van der Waals surface area contributed by atoms with Gasteiger partial charge in [-0.25, -0.2) is 13.4 Å². The third-order valence-electron chi connectivity index (χ3n) is 6.49. The van der Waals surface area contributed by atoms with E-state index in [-0.39, 0.29) is 29.6 Å². The summed E-state index contributed by atoms with van der Waals surface area (Å²) in [5.74, 6) is 0.330. The van der Waals surface area contributed by atoms with Gasteiger partial charge in [-0.3, -0.25) is 9.69 Å². The number of benzene rings is 2. The molecule has 1 aliphatic rings. The first kappa shape index (κ1) is 25.6. The number of furan rings is 1. The van der Waals surface area contributed by atoms with Crippen LogP contribution in [0.4, 0.5) is 5.13 Å². The molecule has 0 saturated carbocycles. The number of hydrogen-bond acceptors (Lipinski definition) is 7. The number of rotatable bonds is 6. The summed E-state index contributed by atoms with van der Waals surface area (Å²) in [7, 11) is -3.71. The lowest BCUT2D eigenvalue weighted by Gasteiger charge is -2.34. The molecule has 0 aliphatic carbocycles. The van der Waals surface area contributed by atoms with Crippen LogP contribution in [0.3, 0.4) is 0 Å². The quantitative estimate of drug-likeness (QED) is 0.336. The van der Waals surface area contributed by atoms with Crippen molar-refractivity contribution >= 4 is 42.6 Å². The lowest BCUT2D eigenvalue weighted by atomic mass is 10.1. The van der Waals surface area contributed by atoms with Gasteiger partial charge in [0.05, 0.1) is 40.1 Å². The van der Waals surface area contributed by atoms with Gasteiger partial charge in [-0.15, -0.1) is 0 Å². The average molecular weight is 540 g/mol. The summed E-state index contributed by atoms with van der Waals surface area (Å²) in [6.07, 6.45) is 1.20. The molecule has 2 atom stereocenters. The van der Waals surface area contributed by atoms with Gasteiger partial charge in [0, 0.05) is 18.7 Å². The van der Waals surface area contributed by atoms with Crippen molar-refractivity contribution in [2.24, 2.45) is 0 Å². The van der Waals surface area contributed by atoms with Crippen LogP contribution in [-0.2, 0) is 21.3 Å². The number of morpholine rings is 1. The molecule has 2 unspecified atom stereocenters. The molecule has 0 bridgehead atoms. The fourth-order valence-corrected chi connectivity index (χ4v) is 7.10. The number of aromatic nitrogens is 1. The van der Waals surface area contributed by atoms with Crippen molar-refractivity contribution in [3.8, 4) is 0 Å². The van der Waals surface area contributed by atoms with Crippen molar-refractivity contribution in [2.45, 2.75) is 51.3 Å². The van der Waals surface area contributed by atoms with Crippen molar-refractivity contribution in [2.75, 3.05) is 18.0 Å². The molecule has 37 heavy (non-hydrogen) atoms. The van der Waals surface area contributed by atoms with E-state index in [1.807, 2.05) is 39.8 Å². The predicted octanol–water partition coefficient (Wildman–Crippen LogP) is 5.15. The van der Waals surface area contributed by atoms with Gasteiger partial charge in [0.2, 0.25) is 10.0 Å². The summed E-state index contributed by atoms with van der Waals surface area (Å²) in [5, 5.41) is 0.550. The highest BCUT2D eigenvalue weighted by molar-refractivity contribution is 7.89. The number of thiazole rings is 1. The van der Waals surface area contributed by atoms with E-state index < -0.39 is 10.0 Å². The summed E-state index contributed by atoms with van der Waals surface area (Å²) in [6, 6.07) is 13.8. The fourth-order valence-electron chi connectivity index (χ4n) is 4.47. The number of nitrogens with zero attached hydrogens (tertiary/aromatic N) is 3. The third-order valence-corrected chi connectivity index (χ3v) is 9.37. The minimum absolute atomic E-state index is 0.147. The van der Waals surface area contributed by atoms with Crippen molar-refractivity contribution in [1.82, 2.24) is 9.29 Å². The number of sulfonamides is 1. The molecule has 5 rings (SSSR count). The normalized spacial score (nSPS) is 18.8. The van der Waals surface area contributed by atoms with Gasteiger partial charge >= 0.3 is 0 Å². The molecule has 1 aliphatic heterocycles. The second-order valence-corrected chi connectivity index (χ2v) is 12.4. The summed E-state index contributed by atoms with van der Waals surface area (Å²) in [5.41, 5.74) is 3.48. The Hall–Kier alpha value is -3.05. The van der Waals surface area contributed by atoms with Gasteiger partial charge in [-0.2, -0.15) is 4.31 Å². The van der Waals surface area contributed by atoms with Gasteiger partial charge in [-0.05, 0) is 87.4 Å². The van der Waals surface area contributed by atoms with E-state index in [2.05, 4.69) is 6.07 Å². The van der Waals surface area contributed by atoms with Crippen LogP contribution in [0.2, 0.25) is 0 Å². The van der Waals surface area contributed by atoms with Crippen LogP contribution in [-0.4, -0.2) is 48.9 Å². The molecule has 10 heteroatoms. The number of hydrogen-bond donors (Lipinski definition) is 0. The molecule has 2 aromatic heterocycles. The Labute approximate surface area is 220 Å². The maximum atomic E-state index is 13.7. The van der Waals surface area contributed by atoms with Gasteiger partial charge < -0.3 is 9.15 Å². The van der Waals surface area contributed by atoms with Gasteiger partial charge in [0.1, 0.15) is 5.76 Å². The molecule has 0 spiro atoms. The number of anilines is 1. The Bertz CT molecular complexity index is 1480. The molecule has 1 fully saturated rings. The van der Waals surface area contributed by atoms with Crippen molar-refractivity contribution in [3.05, 3.63) is 77.2 Å². The van der Waals surface area contributed by atoms with Gasteiger partial charge in [0.15, 0.2) is 5.13 Å². The van der Waals surface area contributed by atoms with E-state index in [9.17, 15) is 13.2 Å². The SMILES string of the molecule is Cc1cc2nc(N(Cc3ccco3)C(=O)c3ccc(S(=O)(=O)N4CC(C)OC(C)C4)cc3)sc2cc1C. The second-order valence-electron chi connectivity index (χ2n) is 9.48. The number of fused-ring (bicyclic) bond motifs is 1. The molecule has 194 valence electrons. The molecular formula is C27H29N3O5S2. The van der Waals surface area contributed by atoms with Crippen LogP contribution in [0, 0.1) is 13.8 Å². The van der Waals surface area contributed by atoms with Crippen LogP contribution in [0.5, 0.6) is 0 Å². The highest BCUT2D eigenvalue weighted by Gasteiger charge is 2.32. The summed E-state index contributed by atoms with van der Waals surface area (Å²) >= 11 is 1.44. The Kier molecular flexibility index (Phi) is 6.93. The lowest BCUT2D eigenvalue weighted by Crippen LogP contribution is -2.48. The lowest BCUT2D eigenvalue weighted by molar-refractivity contribution is -0.0440. The minimum atomic E-state index is -3.71. The Morgan fingerprint density at radius 1 is 1.08 bits per heavy atom. The zero-order valence-corrected chi connectivity index (χ0v) is 22.8. The summed E-state index contributed by atoms with van der Waals surface area (Å²) in [6.45, 7) is 8.59. The molecule has 8 nitrogen and oxygen atoms in total. The van der Waals surface area contributed by atoms with E-state index in [0.29, 0.717) is 29.5 Å². The zero-order chi connectivity index (χ0) is 26.3. The Morgan fingerprint density at radius 3 is 2.41 bits per heavy atom. The number of amides is 1. The van der Waals surface area contributed by atoms with Gasteiger partial charge in [0.25, 0.3) is 5.91 Å². The number of aryl methyl sites for hydroxylation is 2. The highest BCUT2D eigenvalue weighted by Crippen LogP contribution is 2.33. The first-order valence-electron chi connectivity index (χ1n) is 12.1.